The van der Waals surface area contributed by atoms with Gasteiger partial charge in [-0.2, -0.15) is 0 Å². The first-order valence-electron chi connectivity index (χ1n) is 13.5. The highest BCUT2D eigenvalue weighted by Crippen LogP contribution is 2.36. The molecule has 0 spiro atoms. The number of rotatable bonds is 5. The third-order valence-corrected chi connectivity index (χ3v) is 7.27. The average Bonchev–Trinajstić information content (AvgIpc) is 2.63. The zero-order valence-electron chi connectivity index (χ0n) is 25.1. The van der Waals surface area contributed by atoms with Crippen molar-refractivity contribution in [1.82, 2.24) is 0 Å². The summed E-state index contributed by atoms with van der Waals surface area (Å²) in [6.45, 7) is 32.8. The van der Waals surface area contributed by atoms with E-state index in [-0.39, 0.29) is 21.7 Å². The van der Waals surface area contributed by atoms with Gasteiger partial charge in [0.2, 0.25) is 0 Å². The van der Waals surface area contributed by atoms with Crippen LogP contribution >= 0.6 is 0 Å². The number of benzene rings is 2. The van der Waals surface area contributed by atoms with Crippen LogP contribution in [0, 0.1) is 13.8 Å². The molecule has 0 aliphatic carbocycles. The molecule has 0 bridgehead atoms. The molecule has 0 amide bonds. The number of hydrogen-bond acceptors (Lipinski definition) is 0. The van der Waals surface area contributed by atoms with Crippen LogP contribution in [-0.4, -0.2) is 0 Å². The maximum Gasteiger partial charge on any atom is -0.0129 e. The Morgan fingerprint density at radius 2 is 0.676 bits per heavy atom. The molecule has 2 aromatic rings. The Hall–Kier alpha value is -1.56. The highest BCUT2D eigenvalue weighted by Gasteiger charge is 2.25. The predicted molar refractivity (Wildman–Crippen MR) is 154 cm³/mol. The number of hydrogen-bond donors (Lipinski definition) is 0. The molecule has 0 nitrogen and oxygen atoms in total. The Morgan fingerprint density at radius 1 is 0.412 bits per heavy atom. The van der Waals surface area contributed by atoms with Crippen molar-refractivity contribution in [3.63, 3.8) is 0 Å². The minimum absolute atomic E-state index is 0.175. The lowest BCUT2D eigenvalue weighted by Crippen LogP contribution is -2.20. The van der Waals surface area contributed by atoms with Crippen LogP contribution < -0.4 is 0 Å². The maximum atomic E-state index is 2.53. The van der Waals surface area contributed by atoms with Crippen molar-refractivity contribution < 1.29 is 0 Å². The predicted octanol–water partition coefficient (Wildman–Crippen LogP) is 10.1. The summed E-state index contributed by atoms with van der Waals surface area (Å²) in [6, 6.07) is 10.0. The van der Waals surface area contributed by atoms with E-state index in [9.17, 15) is 0 Å². The minimum atomic E-state index is 0.175. The molecular formula is C34H54. The van der Waals surface area contributed by atoms with Gasteiger partial charge in [0.1, 0.15) is 0 Å². The molecule has 2 rings (SSSR count). The van der Waals surface area contributed by atoms with E-state index in [0.29, 0.717) is 0 Å². The molecule has 0 aliphatic heterocycles. The van der Waals surface area contributed by atoms with Crippen LogP contribution in [0.1, 0.15) is 140 Å². The van der Waals surface area contributed by atoms with Crippen LogP contribution in [0.25, 0.3) is 0 Å². The summed E-state index contributed by atoms with van der Waals surface area (Å²) in [5, 5.41) is 0. The highest BCUT2D eigenvalue weighted by atomic mass is 14.3. The van der Waals surface area contributed by atoms with Crippen LogP contribution in [0.2, 0.25) is 0 Å². The van der Waals surface area contributed by atoms with Gasteiger partial charge in [0.25, 0.3) is 0 Å². The minimum Gasteiger partial charge on any atom is -0.0561 e. The van der Waals surface area contributed by atoms with Gasteiger partial charge in [0, 0.05) is 0 Å². The van der Waals surface area contributed by atoms with Gasteiger partial charge in [-0.1, -0.05) is 107 Å². The molecular weight excluding hydrogens is 408 g/mol. The first-order chi connectivity index (χ1) is 15.2. The highest BCUT2D eigenvalue weighted by molar-refractivity contribution is 5.45. The molecule has 0 atom stereocenters. The van der Waals surface area contributed by atoms with Crippen LogP contribution in [0.15, 0.2) is 24.3 Å². The first kappa shape index (κ1) is 28.7. The normalized spacial score (nSPS) is 13.5. The topological polar surface area (TPSA) is 0 Å². The van der Waals surface area contributed by atoms with Crippen LogP contribution in [-0.2, 0) is 34.5 Å². The largest absolute Gasteiger partial charge is 0.0561 e. The molecule has 0 unspecified atom stereocenters. The Balaban J connectivity index is 2.32. The second kappa shape index (κ2) is 9.83. The molecule has 190 valence electrons. The smallest absolute Gasteiger partial charge is 0.0129 e. The van der Waals surface area contributed by atoms with Crippen molar-refractivity contribution in [2.75, 3.05) is 0 Å². The van der Waals surface area contributed by atoms with Gasteiger partial charge in [-0.15, -0.1) is 0 Å². The van der Waals surface area contributed by atoms with E-state index in [0.717, 1.165) is 0 Å². The third kappa shape index (κ3) is 6.99. The summed E-state index contributed by atoms with van der Waals surface area (Å²) in [4.78, 5) is 0. The zero-order chi connectivity index (χ0) is 26.3. The SMILES string of the molecule is Cc1cc(C(C)(C)C)c(CCCCc2cc(C(C)(C)C)c(C)cc2C(C)(C)C)cc1C(C)(C)C. The average molecular weight is 463 g/mol. The summed E-state index contributed by atoms with van der Waals surface area (Å²) >= 11 is 0. The van der Waals surface area contributed by atoms with Gasteiger partial charge in [-0.3, -0.25) is 0 Å². The van der Waals surface area contributed by atoms with Gasteiger partial charge in [-0.25, -0.2) is 0 Å². The van der Waals surface area contributed by atoms with Crippen LogP contribution in [0.4, 0.5) is 0 Å². The molecule has 0 heteroatoms. The van der Waals surface area contributed by atoms with Gasteiger partial charge in [0.05, 0.1) is 0 Å². The van der Waals surface area contributed by atoms with Crippen molar-refractivity contribution in [3.8, 4) is 0 Å². The quantitative estimate of drug-likeness (QED) is 0.388. The number of aryl methyl sites for hydroxylation is 4. The van der Waals surface area contributed by atoms with E-state index < -0.39 is 0 Å². The van der Waals surface area contributed by atoms with E-state index in [1.165, 1.54) is 59.1 Å². The maximum absolute atomic E-state index is 2.53. The molecule has 0 fully saturated rings. The lowest BCUT2D eigenvalue weighted by Gasteiger charge is -2.29. The van der Waals surface area contributed by atoms with E-state index in [4.69, 9.17) is 0 Å². The molecule has 0 saturated carbocycles. The van der Waals surface area contributed by atoms with Gasteiger partial charge in [-0.05, 0) is 106 Å². The van der Waals surface area contributed by atoms with Crippen molar-refractivity contribution in [2.24, 2.45) is 0 Å². The van der Waals surface area contributed by atoms with Crippen LogP contribution in [0.3, 0.4) is 0 Å². The summed E-state index contributed by atoms with van der Waals surface area (Å²) in [7, 11) is 0. The Morgan fingerprint density at radius 3 is 0.912 bits per heavy atom. The Kier molecular flexibility index (Phi) is 8.29. The zero-order valence-corrected chi connectivity index (χ0v) is 25.1. The summed E-state index contributed by atoms with van der Waals surface area (Å²) in [6.07, 6.45) is 4.80. The molecule has 0 radical (unpaired) electrons. The lowest BCUT2D eigenvalue weighted by molar-refractivity contribution is 0.558. The monoisotopic (exact) mass is 462 g/mol. The van der Waals surface area contributed by atoms with Gasteiger partial charge >= 0.3 is 0 Å². The lowest BCUT2D eigenvalue weighted by atomic mass is 9.75. The van der Waals surface area contributed by atoms with E-state index in [1.807, 2.05) is 0 Å². The van der Waals surface area contributed by atoms with Crippen molar-refractivity contribution >= 4 is 0 Å². The molecule has 0 saturated heterocycles. The first-order valence-corrected chi connectivity index (χ1v) is 13.5. The fourth-order valence-corrected chi connectivity index (χ4v) is 5.56. The second-order valence-electron chi connectivity index (χ2n) is 14.9. The van der Waals surface area contributed by atoms with E-state index >= 15 is 0 Å². The molecule has 0 aliphatic rings. The molecule has 0 aromatic heterocycles. The molecule has 2 aromatic carbocycles. The Labute approximate surface area is 213 Å². The molecule has 34 heavy (non-hydrogen) atoms. The Bertz CT molecular complexity index is 905. The van der Waals surface area contributed by atoms with E-state index in [2.05, 4.69) is 121 Å². The van der Waals surface area contributed by atoms with Gasteiger partial charge < -0.3 is 0 Å². The van der Waals surface area contributed by atoms with E-state index in [1.54, 1.807) is 11.1 Å². The van der Waals surface area contributed by atoms with Crippen LogP contribution in [0.5, 0.6) is 0 Å². The van der Waals surface area contributed by atoms with Crippen molar-refractivity contribution in [1.29, 1.82) is 0 Å². The fraction of sp³-hybridized carbons (Fsp3) is 0.647. The fourth-order valence-electron chi connectivity index (χ4n) is 5.56. The molecule has 0 heterocycles. The summed E-state index contributed by atoms with van der Waals surface area (Å²) in [5.41, 5.74) is 12.7. The third-order valence-electron chi connectivity index (χ3n) is 7.27. The van der Waals surface area contributed by atoms with Crippen molar-refractivity contribution in [3.05, 3.63) is 68.8 Å². The standard InChI is InChI=1S/C34H54/c1-23-19-29(33(9,10)11)25(21-27(23)31(3,4)5)17-15-16-18-26-22-28(32(6,7)8)24(2)20-30(26)34(12,13)14/h19-22H,15-18H2,1-14H3. The second-order valence-corrected chi connectivity index (χ2v) is 14.9. The summed E-state index contributed by atoms with van der Waals surface area (Å²) < 4.78 is 0. The van der Waals surface area contributed by atoms with Crippen molar-refractivity contribution in [2.45, 2.75) is 144 Å². The number of unbranched alkanes of at least 4 members (excludes halogenated alkanes) is 1. The molecule has 0 N–H and O–H groups in total. The summed E-state index contributed by atoms with van der Waals surface area (Å²) in [5.74, 6) is 0. The van der Waals surface area contributed by atoms with Gasteiger partial charge in [0.15, 0.2) is 0 Å².